The lowest BCUT2D eigenvalue weighted by atomic mass is 10.1. The quantitative estimate of drug-likeness (QED) is 0.271. The Hall–Kier alpha value is -3.87. The molecule has 0 spiro atoms. The second-order valence-corrected chi connectivity index (χ2v) is 5.78. The second kappa shape index (κ2) is 8.22. The van der Waals surface area contributed by atoms with E-state index in [2.05, 4.69) is 0 Å². The van der Waals surface area contributed by atoms with E-state index in [1.165, 1.54) is 26.4 Å². The topological polar surface area (TPSA) is 87.9 Å². The van der Waals surface area contributed by atoms with E-state index >= 15 is 0 Å². The Balaban J connectivity index is 1.75. The van der Waals surface area contributed by atoms with E-state index in [1.54, 1.807) is 54.6 Å². The highest BCUT2D eigenvalue weighted by molar-refractivity contribution is 5.94. The molecule has 0 saturated carbocycles. The number of hydrogen-bond acceptors (Lipinski definition) is 6. The molecular formula is C21H17NO6. The van der Waals surface area contributed by atoms with E-state index in [-0.39, 0.29) is 11.3 Å². The minimum atomic E-state index is -0.553. The summed E-state index contributed by atoms with van der Waals surface area (Å²) in [4.78, 5) is 22.7. The zero-order valence-electron chi connectivity index (χ0n) is 15.2. The van der Waals surface area contributed by atoms with E-state index < -0.39 is 10.9 Å². The van der Waals surface area contributed by atoms with Crippen molar-refractivity contribution in [1.82, 2.24) is 0 Å². The third-order valence-electron chi connectivity index (χ3n) is 4.10. The van der Waals surface area contributed by atoms with Crippen LogP contribution in [0.25, 0.3) is 11.1 Å². The number of ether oxygens (including phenoxy) is 3. The molecule has 0 N–H and O–H groups in total. The summed E-state index contributed by atoms with van der Waals surface area (Å²) < 4.78 is 15.7. The van der Waals surface area contributed by atoms with Gasteiger partial charge in [-0.2, -0.15) is 0 Å². The number of rotatable bonds is 6. The Morgan fingerprint density at radius 2 is 1.39 bits per heavy atom. The van der Waals surface area contributed by atoms with Gasteiger partial charge in [0.1, 0.15) is 22.8 Å². The van der Waals surface area contributed by atoms with E-state index in [0.717, 1.165) is 11.1 Å². The van der Waals surface area contributed by atoms with Crippen molar-refractivity contribution in [2.75, 3.05) is 14.2 Å². The lowest BCUT2D eigenvalue weighted by Crippen LogP contribution is -2.10. The number of non-ortho nitro benzene ring substituents is 1. The maximum absolute atomic E-state index is 12.4. The van der Waals surface area contributed by atoms with Gasteiger partial charge < -0.3 is 14.2 Å². The molecule has 142 valence electrons. The van der Waals surface area contributed by atoms with Gasteiger partial charge in [0.25, 0.3) is 5.69 Å². The highest BCUT2D eigenvalue weighted by Crippen LogP contribution is 2.27. The third-order valence-corrected chi connectivity index (χ3v) is 4.10. The molecule has 7 nitrogen and oxygen atoms in total. The standard InChI is InChI=1S/C21H17NO6/c1-26-18-11-12-19(20(13-18)27-2)21(23)28-17-9-5-15(6-10-17)14-3-7-16(8-4-14)22(24)25/h3-13H,1-2H3. The number of carbonyl (C=O) groups excluding carboxylic acids is 1. The van der Waals surface area contributed by atoms with Crippen molar-refractivity contribution in [3.63, 3.8) is 0 Å². The van der Waals surface area contributed by atoms with Gasteiger partial charge in [0.2, 0.25) is 0 Å². The lowest BCUT2D eigenvalue weighted by molar-refractivity contribution is -0.384. The first-order chi connectivity index (χ1) is 13.5. The fourth-order valence-corrected chi connectivity index (χ4v) is 2.62. The van der Waals surface area contributed by atoms with Crippen LogP contribution in [0.2, 0.25) is 0 Å². The number of benzene rings is 3. The molecule has 0 aromatic heterocycles. The number of nitrogens with zero attached hydrogens (tertiary/aromatic N) is 1. The molecule has 7 heteroatoms. The summed E-state index contributed by atoms with van der Waals surface area (Å²) in [5.41, 5.74) is 1.97. The Kier molecular flexibility index (Phi) is 5.55. The Labute approximate surface area is 161 Å². The molecule has 3 aromatic rings. The molecule has 0 aliphatic rings. The van der Waals surface area contributed by atoms with Crippen molar-refractivity contribution in [2.24, 2.45) is 0 Å². The van der Waals surface area contributed by atoms with Crippen LogP contribution < -0.4 is 14.2 Å². The minimum absolute atomic E-state index is 0.0303. The van der Waals surface area contributed by atoms with E-state index in [1.807, 2.05) is 0 Å². The summed E-state index contributed by atoms with van der Waals surface area (Å²) in [6.45, 7) is 0. The summed E-state index contributed by atoms with van der Waals surface area (Å²) in [7, 11) is 2.99. The summed E-state index contributed by atoms with van der Waals surface area (Å²) >= 11 is 0. The van der Waals surface area contributed by atoms with Crippen molar-refractivity contribution in [1.29, 1.82) is 0 Å². The smallest absolute Gasteiger partial charge is 0.347 e. The van der Waals surface area contributed by atoms with Crippen molar-refractivity contribution < 1.29 is 23.9 Å². The Morgan fingerprint density at radius 1 is 0.821 bits per heavy atom. The number of esters is 1. The van der Waals surface area contributed by atoms with E-state index in [0.29, 0.717) is 17.2 Å². The lowest BCUT2D eigenvalue weighted by Gasteiger charge is -2.10. The summed E-state index contributed by atoms with van der Waals surface area (Å²) in [6, 6.07) is 17.9. The van der Waals surface area contributed by atoms with Crippen molar-refractivity contribution in [3.05, 3.63) is 82.4 Å². The van der Waals surface area contributed by atoms with Crippen LogP contribution in [0.5, 0.6) is 17.2 Å². The van der Waals surface area contributed by atoms with Crippen LogP contribution in [-0.2, 0) is 0 Å². The van der Waals surface area contributed by atoms with E-state index in [9.17, 15) is 14.9 Å². The van der Waals surface area contributed by atoms with Crippen molar-refractivity contribution >= 4 is 11.7 Å². The highest BCUT2D eigenvalue weighted by Gasteiger charge is 2.16. The molecule has 0 radical (unpaired) electrons. The zero-order chi connectivity index (χ0) is 20.1. The number of nitro groups is 1. The zero-order valence-corrected chi connectivity index (χ0v) is 15.2. The van der Waals surface area contributed by atoms with E-state index in [4.69, 9.17) is 14.2 Å². The first kappa shape index (κ1) is 18.9. The number of methoxy groups -OCH3 is 2. The number of carbonyl (C=O) groups is 1. The van der Waals surface area contributed by atoms with Crippen LogP contribution >= 0.6 is 0 Å². The maximum Gasteiger partial charge on any atom is 0.347 e. The maximum atomic E-state index is 12.4. The Morgan fingerprint density at radius 3 is 1.93 bits per heavy atom. The van der Waals surface area contributed by atoms with Gasteiger partial charge in [0.15, 0.2) is 0 Å². The van der Waals surface area contributed by atoms with Gasteiger partial charge in [-0.3, -0.25) is 10.1 Å². The van der Waals surface area contributed by atoms with Crippen LogP contribution in [0.15, 0.2) is 66.7 Å². The van der Waals surface area contributed by atoms with Gasteiger partial charge in [-0.1, -0.05) is 12.1 Å². The predicted octanol–water partition coefficient (Wildman–Crippen LogP) is 4.50. The van der Waals surface area contributed by atoms with Crippen molar-refractivity contribution in [3.8, 4) is 28.4 Å². The second-order valence-electron chi connectivity index (χ2n) is 5.78. The highest BCUT2D eigenvalue weighted by atomic mass is 16.6. The third kappa shape index (κ3) is 4.09. The van der Waals surface area contributed by atoms with Crippen LogP contribution in [0.3, 0.4) is 0 Å². The summed E-state index contributed by atoms with van der Waals surface area (Å²) in [5.74, 6) is 0.740. The van der Waals surface area contributed by atoms with Gasteiger partial charge in [-0.05, 0) is 47.5 Å². The van der Waals surface area contributed by atoms with Crippen LogP contribution in [0.4, 0.5) is 5.69 Å². The first-order valence-electron chi connectivity index (χ1n) is 8.31. The molecule has 0 bridgehead atoms. The van der Waals surface area contributed by atoms with Gasteiger partial charge in [0, 0.05) is 18.2 Å². The molecule has 3 rings (SSSR count). The fourth-order valence-electron chi connectivity index (χ4n) is 2.62. The van der Waals surface area contributed by atoms with Crippen LogP contribution in [-0.4, -0.2) is 25.1 Å². The normalized spacial score (nSPS) is 10.2. The molecule has 0 saturated heterocycles. The van der Waals surface area contributed by atoms with Gasteiger partial charge in [0.05, 0.1) is 19.1 Å². The average molecular weight is 379 g/mol. The molecule has 0 aliphatic carbocycles. The van der Waals surface area contributed by atoms with Gasteiger partial charge >= 0.3 is 5.97 Å². The average Bonchev–Trinajstić information content (AvgIpc) is 2.73. The molecule has 0 amide bonds. The molecular weight excluding hydrogens is 362 g/mol. The first-order valence-corrected chi connectivity index (χ1v) is 8.31. The predicted molar refractivity (Wildman–Crippen MR) is 103 cm³/mol. The van der Waals surface area contributed by atoms with Crippen LogP contribution in [0, 0.1) is 10.1 Å². The molecule has 0 unspecified atom stereocenters. The summed E-state index contributed by atoms with van der Waals surface area (Å²) in [5, 5.41) is 10.7. The minimum Gasteiger partial charge on any atom is -0.497 e. The molecule has 3 aromatic carbocycles. The van der Waals surface area contributed by atoms with Gasteiger partial charge in [-0.25, -0.2) is 4.79 Å². The number of hydrogen-bond donors (Lipinski definition) is 0. The largest absolute Gasteiger partial charge is 0.497 e. The molecule has 0 aliphatic heterocycles. The molecule has 0 heterocycles. The fraction of sp³-hybridized carbons (Fsp3) is 0.0952. The molecule has 0 atom stereocenters. The summed E-state index contributed by atoms with van der Waals surface area (Å²) in [6.07, 6.45) is 0. The monoisotopic (exact) mass is 379 g/mol. The molecule has 0 fully saturated rings. The SMILES string of the molecule is COc1ccc(C(=O)Oc2ccc(-c3ccc([N+](=O)[O-])cc3)cc2)c(OC)c1. The Bertz CT molecular complexity index is 996. The molecule has 28 heavy (non-hydrogen) atoms. The van der Waals surface area contributed by atoms with Crippen molar-refractivity contribution in [2.45, 2.75) is 0 Å². The van der Waals surface area contributed by atoms with Gasteiger partial charge in [-0.15, -0.1) is 0 Å². The van der Waals surface area contributed by atoms with Crippen LogP contribution in [0.1, 0.15) is 10.4 Å². The number of nitro benzene ring substituents is 1.